The van der Waals surface area contributed by atoms with E-state index >= 15 is 0 Å². The van der Waals surface area contributed by atoms with E-state index in [0.29, 0.717) is 30.8 Å². The lowest BCUT2D eigenvalue weighted by Crippen LogP contribution is -2.51. The van der Waals surface area contributed by atoms with Crippen molar-refractivity contribution in [1.82, 2.24) is 9.21 Å². The number of rotatable bonds is 5. The van der Waals surface area contributed by atoms with Gasteiger partial charge in [-0.2, -0.15) is 4.31 Å². The van der Waals surface area contributed by atoms with Gasteiger partial charge >= 0.3 is 5.97 Å². The number of esters is 1. The van der Waals surface area contributed by atoms with Gasteiger partial charge in [0.15, 0.2) is 6.10 Å². The van der Waals surface area contributed by atoms with E-state index in [2.05, 4.69) is 0 Å². The monoisotopic (exact) mass is 480 g/mol. The highest BCUT2D eigenvalue weighted by Gasteiger charge is 2.36. The minimum absolute atomic E-state index is 0.0623. The molecule has 0 aromatic heterocycles. The first-order valence-corrected chi connectivity index (χ1v) is 13.1. The molecule has 184 valence electrons. The molecule has 0 bridgehead atoms. The Morgan fingerprint density at radius 1 is 1.03 bits per heavy atom. The fourth-order valence-corrected chi connectivity index (χ4v) is 6.85. The summed E-state index contributed by atoms with van der Waals surface area (Å²) < 4.78 is 39.1. The summed E-state index contributed by atoms with van der Waals surface area (Å²) >= 11 is 0. The molecule has 1 aromatic carbocycles. The second kappa shape index (κ2) is 10.1. The number of sulfonamides is 1. The minimum Gasteiger partial charge on any atom is -0.452 e. The van der Waals surface area contributed by atoms with Gasteiger partial charge < -0.3 is 14.4 Å². The van der Waals surface area contributed by atoms with Crippen LogP contribution in [0, 0.1) is 26.7 Å². The Bertz CT molecular complexity index is 967. The van der Waals surface area contributed by atoms with Crippen molar-refractivity contribution in [2.45, 2.75) is 77.6 Å². The van der Waals surface area contributed by atoms with Gasteiger partial charge in [-0.1, -0.05) is 17.7 Å². The zero-order valence-electron chi connectivity index (χ0n) is 20.5. The maximum Gasteiger partial charge on any atom is 0.309 e. The molecule has 0 aliphatic carbocycles. The Balaban J connectivity index is 1.58. The van der Waals surface area contributed by atoms with Crippen LogP contribution >= 0.6 is 0 Å². The summed E-state index contributed by atoms with van der Waals surface area (Å²) in [6, 6.07) is 3.75. The molecule has 3 atom stereocenters. The van der Waals surface area contributed by atoms with E-state index in [-0.39, 0.29) is 31.2 Å². The molecule has 2 aliphatic heterocycles. The average molecular weight is 481 g/mol. The van der Waals surface area contributed by atoms with Crippen molar-refractivity contribution in [1.29, 1.82) is 0 Å². The molecule has 3 rings (SSSR count). The van der Waals surface area contributed by atoms with E-state index in [1.807, 2.05) is 46.8 Å². The van der Waals surface area contributed by atoms with Gasteiger partial charge in [-0.25, -0.2) is 8.42 Å². The molecule has 2 saturated heterocycles. The third-order valence-electron chi connectivity index (χ3n) is 6.36. The number of benzene rings is 1. The van der Waals surface area contributed by atoms with Gasteiger partial charge in [0.05, 0.1) is 23.0 Å². The molecule has 0 saturated carbocycles. The molecule has 33 heavy (non-hydrogen) atoms. The smallest absolute Gasteiger partial charge is 0.309 e. The molecule has 2 aliphatic rings. The van der Waals surface area contributed by atoms with Crippen molar-refractivity contribution in [2.24, 2.45) is 5.92 Å². The fourth-order valence-electron chi connectivity index (χ4n) is 4.97. The Morgan fingerprint density at radius 3 is 2.06 bits per heavy atom. The summed E-state index contributed by atoms with van der Waals surface area (Å²) in [7, 11) is -3.64. The molecule has 0 radical (unpaired) electrons. The van der Waals surface area contributed by atoms with Crippen LogP contribution in [0.25, 0.3) is 0 Å². The number of nitrogens with zero attached hydrogens (tertiary/aromatic N) is 2. The highest BCUT2D eigenvalue weighted by molar-refractivity contribution is 7.89. The molecule has 9 heteroatoms. The number of carbonyl (C=O) groups excluding carboxylic acids is 2. The maximum atomic E-state index is 13.3. The van der Waals surface area contributed by atoms with Crippen molar-refractivity contribution in [3.8, 4) is 0 Å². The molecule has 1 aromatic rings. The topological polar surface area (TPSA) is 93.2 Å². The van der Waals surface area contributed by atoms with Crippen LogP contribution in [0.1, 0.15) is 50.3 Å². The first-order chi connectivity index (χ1) is 15.4. The number of morpholine rings is 1. The third-order valence-corrected chi connectivity index (χ3v) is 8.57. The summed E-state index contributed by atoms with van der Waals surface area (Å²) in [5.41, 5.74) is 2.48. The standard InChI is InChI=1S/C24H36N2O6S/c1-15-11-16(2)22(17(3)12-15)33(29,30)26-9-7-21(8-10-26)24(28)32-20(6)23(27)25-13-18(4)31-19(5)14-25/h11-12,18-21H,7-10,13-14H2,1-6H3/t18-,19-,20-/m1/s1. The number of piperidine rings is 1. The van der Waals surface area contributed by atoms with E-state index in [0.717, 1.165) is 16.7 Å². The molecule has 0 N–H and O–H groups in total. The van der Waals surface area contributed by atoms with E-state index < -0.39 is 28.0 Å². The molecule has 2 fully saturated rings. The Labute approximate surface area is 197 Å². The van der Waals surface area contributed by atoms with Crippen LogP contribution in [0.4, 0.5) is 0 Å². The van der Waals surface area contributed by atoms with Crippen molar-refractivity contribution in [3.63, 3.8) is 0 Å². The first kappa shape index (κ1) is 25.6. The van der Waals surface area contributed by atoms with Gasteiger partial charge in [0.1, 0.15) is 0 Å². The van der Waals surface area contributed by atoms with Crippen LogP contribution in [0.5, 0.6) is 0 Å². The largest absolute Gasteiger partial charge is 0.452 e. The van der Waals surface area contributed by atoms with Gasteiger partial charge in [0.2, 0.25) is 10.0 Å². The van der Waals surface area contributed by atoms with E-state index in [1.165, 1.54) is 4.31 Å². The lowest BCUT2D eigenvalue weighted by atomic mass is 9.98. The number of aryl methyl sites for hydroxylation is 3. The quantitative estimate of drug-likeness (QED) is 0.602. The van der Waals surface area contributed by atoms with Crippen molar-refractivity contribution in [2.75, 3.05) is 26.2 Å². The lowest BCUT2D eigenvalue weighted by Gasteiger charge is -2.36. The zero-order valence-corrected chi connectivity index (χ0v) is 21.3. The maximum absolute atomic E-state index is 13.3. The van der Waals surface area contributed by atoms with Crippen LogP contribution in [0.15, 0.2) is 17.0 Å². The average Bonchev–Trinajstić information content (AvgIpc) is 2.71. The second-order valence-corrected chi connectivity index (χ2v) is 11.4. The summed E-state index contributed by atoms with van der Waals surface area (Å²) in [6.07, 6.45) is -0.265. The molecule has 2 heterocycles. The summed E-state index contributed by atoms with van der Waals surface area (Å²) in [5.74, 6) is -1.09. The third kappa shape index (κ3) is 5.75. The Morgan fingerprint density at radius 2 is 1.55 bits per heavy atom. The summed E-state index contributed by atoms with van der Waals surface area (Å²) in [4.78, 5) is 27.5. The predicted octanol–water partition coefficient (Wildman–Crippen LogP) is 2.58. The number of hydrogen-bond acceptors (Lipinski definition) is 6. The molecular weight excluding hydrogens is 444 g/mol. The normalized spacial score (nSPS) is 23.9. The van der Waals surface area contributed by atoms with Gasteiger partial charge in [-0.3, -0.25) is 9.59 Å². The van der Waals surface area contributed by atoms with E-state index in [1.54, 1.807) is 11.8 Å². The number of hydrogen-bond donors (Lipinski definition) is 0. The molecule has 0 unspecified atom stereocenters. The first-order valence-electron chi connectivity index (χ1n) is 11.6. The molecule has 1 amide bonds. The highest BCUT2D eigenvalue weighted by Crippen LogP contribution is 2.29. The van der Waals surface area contributed by atoms with Crippen molar-refractivity contribution >= 4 is 21.9 Å². The van der Waals surface area contributed by atoms with Gasteiger partial charge in [-0.15, -0.1) is 0 Å². The molecular formula is C24H36N2O6S. The fraction of sp³-hybridized carbons (Fsp3) is 0.667. The zero-order chi connectivity index (χ0) is 24.5. The number of amides is 1. The Hall–Kier alpha value is -1.97. The van der Waals surface area contributed by atoms with Crippen LogP contribution in [-0.2, 0) is 29.1 Å². The van der Waals surface area contributed by atoms with Crippen molar-refractivity contribution in [3.05, 3.63) is 28.8 Å². The highest BCUT2D eigenvalue weighted by atomic mass is 32.2. The summed E-state index contributed by atoms with van der Waals surface area (Å²) in [6.45, 7) is 12.4. The molecule has 8 nitrogen and oxygen atoms in total. The second-order valence-electron chi connectivity index (χ2n) is 9.49. The van der Waals surface area contributed by atoms with Gasteiger partial charge in [0.25, 0.3) is 5.91 Å². The predicted molar refractivity (Wildman–Crippen MR) is 124 cm³/mol. The number of ether oxygens (including phenoxy) is 2. The van der Waals surface area contributed by atoms with Crippen LogP contribution in [0.3, 0.4) is 0 Å². The SMILES string of the molecule is Cc1cc(C)c(S(=O)(=O)N2CCC(C(=O)O[C@H](C)C(=O)N3C[C@@H](C)O[C@H](C)C3)CC2)c(C)c1. The summed E-state index contributed by atoms with van der Waals surface area (Å²) in [5, 5.41) is 0. The lowest BCUT2D eigenvalue weighted by molar-refractivity contribution is -0.167. The van der Waals surface area contributed by atoms with Crippen LogP contribution < -0.4 is 0 Å². The van der Waals surface area contributed by atoms with E-state index in [9.17, 15) is 18.0 Å². The van der Waals surface area contributed by atoms with Crippen LogP contribution in [0.2, 0.25) is 0 Å². The van der Waals surface area contributed by atoms with Crippen LogP contribution in [-0.4, -0.2) is 74.0 Å². The van der Waals surface area contributed by atoms with Gasteiger partial charge in [0, 0.05) is 26.2 Å². The van der Waals surface area contributed by atoms with Gasteiger partial charge in [-0.05, 0) is 65.5 Å². The Kier molecular flexibility index (Phi) is 7.86. The minimum atomic E-state index is -3.64. The van der Waals surface area contributed by atoms with E-state index in [4.69, 9.17) is 9.47 Å². The number of carbonyl (C=O) groups is 2. The van der Waals surface area contributed by atoms with Crippen molar-refractivity contribution < 1.29 is 27.5 Å². The molecule has 0 spiro atoms.